The Bertz CT molecular complexity index is 407. The number of rotatable bonds is 4. The number of carbonyl (C=O) groups is 1. The molecule has 1 aliphatic heterocycles. The topological polar surface area (TPSA) is 72.5 Å². The summed E-state index contributed by atoms with van der Waals surface area (Å²) >= 11 is 0. The number of ether oxygens (including phenoxy) is 1. The number of alkyl halides is 3. The summed E-state index contributed by atoms with van der Waals surface area (Å²) in [6.07, 6.45) is -5.49. The number of amides is 1. The molecule has 18 heavy (non-hydrogen) atoms. The first-order chi connectivity index (χ1) is 8.09. The molecule has 0 radical (unpaired) electrons. The van der Waals surface area contributed by atoms with Gasteiger partial charge >= 0.3 is 6.18 Å². The molecule has 0 aromatic rings. The Balaban J connectivity index is 2.37. The minimum Gasteiger partial charge on any atom is -0.359 e. The SMILES string of the molecule is C[C@@H](OCC(F)(F)F)C(=O)N[C@H]1CCS(=O)(=O)C1. The summed E-state index contributed by atoms with van der Waals surface area (Å²) in [7, 11) is -3.14. The second-order valence-corrected chi connectivity index (χ2v) is 6.41. The highest BCUT2D eigenvalue weighted by atomic mass is 32.2. The smallest absolute Gasteiger partial charge is 0.359 e. The van der Waals surface area contributed by atoms with Gasteiger partial charge in [-0.3, -0.25) is 4.79 Å². The van der Waals surface area contributed by atoms with Gasteiger partial charge < -0.3 is 10.1 Å². The molecule has 1 amide bonds. The lowest BCUT2D eigenvalue weighted by Crippen LogP contribution is -2.42. The fourth-order valence-electron chi connectivity index (χ4n) is 1.52. The second-order valence-electron chi connectivity index (χ2n) is 4.18. The summed E-state index contributed by atoms with van der Waals surface area (Å²) in [5, 5.41) is 2.36. The second kappa shape index (κ2) is 5.43. The Hall–Kier alpha value is -0.830. The quantitative estimate of drug-likeness (QED) is 0.805. The fourth-order valence-corrected chi connectivity index (χ4v) is 3.20. The van der Waals surface area contributed by atoms with Crippen LogP contribution in [0.3, 0.4) is 0 Å². The molecule has 1 N–H and O–H groups in total. The van der Waals surface area contributed by atoms with Gasteiger partial charge in [0.15, 0.2) is 9.84 Å². The summed E-state index contributed by atoms with van der Waals surface area (Å²) in [5.74, 6) is -0.929. The normalized spacial score (nSPS) is 24.8. The van der Waals surface area contributed by atoms with Gasteiger partial charge in [-0.2, -0.15) is 13.2 Å². The monoisotopic (exact) mass is 289 g/mol. The molecule has 1 saturated heterocycles. The van der Waals surface area contributed by atoms with Crippen molar-refractivity contribution in [1.82, 2.24) is 5.32 Å². The van der Waals surface area contributed by atoms with Gasteiger partial charge in [0, 0.05) is 6.04 Å². The molecule has 0 bridgehead atoms. The Labute approximate surface area is 103 Å². The minimum absolute atomic E-state index is 0.0181. The van der Waals surface area contributed by atoms with E-state index in [0.717, 1.165) is 0 Å². The van der Waals surface area contributed by atoms with E-state index in [0.29, 0.717) is 0 Å². The van der Waals surface area contributed by atoms with Crippen molar-refractivity contribution in [3.05, 3.63) is 0 Å². The van der Waals surface area contributed by atoms with Gasteiger partial charge in [-0.05, 0) is 13.3 Å². The standard InChI is InChI=1S/C9H14F3NO4S/c1-6(17-5-9(10,11)12)8(14)13-7-2-3-18(15,16)4-7/h6-7H,2-5H2,1H3,(H,13,14)/t6-,7+/m1/s1. The molecule has 0 aliphatic carbocycles. The molecule has 0 aromatic heterocycles. The number of hydrogen-bond acceptors (Lipinski definition) is 4. The zero-order valence-corrected chi connectivity index (χ0v) is 10.5. The van der Waals surface area contributed by atoms with Crippen molar-refractivity contribution in [3.63, 3.8) is 0 Å². The number of hydrogen-bond donors (Lipinski definition) is 1. The van der Waals surface area contributed by atoms with Crippen LogP contribution in [0.2, 0.25) is 0 Å². The molecular formula is C9H14F3NO4S. The van der Waals surface area contributed by atoms with Crippen LogP contribution in [-0.4, -0.2) is 50.8 Å². The third-order valence-electron chi connectivity index (χ3n) is 2.45. The lowest BCUT2D eigenvalue weighted by atomic mass is 10.2. The van der Waals surface area contributed by atoms with Crippen molar-refractivity contribution < 1.29 is 31.1 Å². The Morgan fingerprint density at radius 3 is 2.56 bits per heavy atom. The van der Waals surface area contributed by atoms with Crippen LogP contribution in [0, 0.1) is 0 Å². The Morgan fingerprint density at radius 2 is 2.11 bits per heavy atom. The van der Waals surface area contributed by atoms with Crippen LogP contribution >= 0.6 is 0 Å². The van der Waals surface area contributed by atoms with E-state index in [-0.39, 0.29) is 17.9 Å². The van der Waals surface area contributed by atoms with Crippen LogP contribution < -0.4 is 5.32 Å². The summed E-state index contributed by atoms with van der Waals surface area (Å²) in [4.78, 5) is 11.4. The Morgan fingerprint density at radius 1 is 1.50 bits per heavy atom. The van der Waals surface area contributed by atoms with E-state index in [1.807, 2.05) is 0 Å². The molecule has 1 heterocycles. The highest BCUT2D eigenvalue weighted by Gasteiger charge is 2.32. The zero-order valence-electron chi connectivity index (χ0n) is 9.66. The molecule has 1 rings (SSSR count). The van der Waals surface area contributed by atoms with Crippen LogP contribution in [0.15, 0.2) is 0 Å². The third kappa shape index (κ3) is 5.21. The van der Waals surface area contributed by atoms with Crippen molar-refractivity contribution in [2.45, 2.75) is 31.7 Å². The average Bonchev–Trinajstić information content (AvgIpc) is 2.53. The lowest BCUT2D eigenvalue weighted by molar-refractivity contribution is -0.185. The minimum atomic E-state index is -4.49. The van der Waals surface area contributed by atoms with Crippen molar-refractivity contribution >= 4 is 15.7 Å². The molecular weight excluding hydrogens is 275 g/mol. The van der Waals surface area contributed by atoms with Crippen LogP contribution in [0.25, 0.3) is 0 Å². The number of nitrogens with one attached hydrogen (secondary N) is 1. The Kier molecular flexibility index (Phi) is 4.60. The highest BCUT2D eigenvalue weighted by molar-refractivity contribution is 7.91. The summed E-state index contributed by atoms with van der Waals surface area (Å²) in [6.45, 7) is -0.324. The number of carbonyl (C=O) groups excluding carboxylic acids is 1. The van der Waals surface area contributed by atoms with E-state index in [9.17, 15) is 26.4 Å². The largest absolute Gasteiger partial charge is 0.411 e. The van der Waals surface area contributed by atoms with E-state index in [4.69, 9.17) is 0 Å². The maximum atomic E-state index is 11.8. The van der Waals surface area contributed by atoms with Crippen molar-refractivity contribution in [2.24, 2.45) is 0 Å². The van der Waals surface area contributed by atoms with Gasteiger partial charge in [0.05, 0.1) is 11.5 Å². The summed E-state index contributed by atoms with van der Waals surface area (Å²) in [6, 6.07) is -0.542. The molecule has 0 aromatic carbocycles. The lowest BCUT2D eigenvalue weighted by Gasteiger charge is -2.17. The first kappa shape index (κ1) is 15.2. The average molecular weight is 289 g/mol. The maximum Gasteiger partial charge on any atom is 0.411 e. The van der Waals surface area contributed by atoms with Gasteiger partial charge in [-0.25, -0.2) is 8.42 Å². The molecule has 0 spiro atoms. The molecule has 9 heteroatoms. The number of halogens is 3. The summed E-state index contributed by atoms with van der Waals surface area (Å²) < 4.78 is 62.1. The highest BCUT2D eigenvalue weighted by Crippen LogP contribution is 2.16. The van der Waals surface area contributed by atoms with Gasteiger partial charge in [0.25, 0.3) is 0 Å². The van der Waals surface area contributed by atoms with E-state index >= 15 is 0 Å². The van der Waals surface area contributed by atoms with Crippen molar-refractivity contribution in [2.75, 3.05) is 18.1 Å². The van der Waals surface area contributed by atoms with Gasteiger partial charge in [-0.1, -0.05) is 0 Å². The summed E-state index contributed by atoms with van der Waals surface area (Å²) in [5.41, 5.74) is 0. The van der Waals surface area contributed by atoms with E-state index in [1.54, 1.807) is 0 Å². The molecule has 1 aliphatic rings. The first-order valence-electron chi connectivity index (χ1n) is 5.28. The van der Waals surface area contributed by atoms with E-state index in [2.05, 4.69) is 10.1 Å². The van der Waals surface area contributed by atoms with E-state index in [1.165, 1.54) is 6.92 Å². The zero-order chi connectivity index (χ0) is 14.0. The van der Waals surface area contributed by atoms with Crippen LogP contribution in [0.1, 0.15) is 13.3 Å². The number of sulfone groups is 1. The molecule has 1 fully saturated rings. The van der Waals surface area contributed by atoms with Crippen LogP contribution in [0.5, 0.6) is 0 Å². The predicted molar refractivity (Wildman–Crippen MR) is 56.7 cm³/mol. The molecule has 2 atom stereocenters. The third-order valence-corrected chi connectivity index (χ3v) is 4.21. The van der Waals surface area contributed by atoms with Crippen LogP contribution in [0.4, 0.5) is 13.2 Å². The molecule has 0 unspecified atom stereocenters. The van der Waals surface area contributed by atoms with Gasteiger partial charge in [-0.15, -0.1) is 0 Å². The van der Waals surface area contributed by atoms with Crippen molar-refractivity contribution in [1.29, 1.82) is 0 Å². The van der Waals surface area contributed by atoms with Gasteiger partial charge in [0.1, 0.15) is 12.7 Å². The van der Waals surface area contributed by atoms with Crippen molar-refractivity contribution in [3.8, 4) is 0 Å². The molecule has 106 valence electrons. The van der Waals surface area contributed by atoms with E-state index < -0.39 is 40.7 Å². The molecule has 0 saturated carbocycles. The van der Waals surface area contributed by atoms with Crippen LogP contribution in [-0.2, 0) is 19.4 Å². The molecule has 5 nitrogen and oxygen atoms in total. The maximum absolute atomic E-state index is 11.8. The predicted octanol–water partition coefficient (Wildman–Crippen LogP) is 0.257. The van der Waals surface area contributed by atoms with Gasteiger partial charge in [0.2, 0.25) is 5.91 Å². The first-order valence-corrected chi connectivity index (χ1v) is 7.10. The fraction of sp³-hybridized carbons (Fsp3) is 0.889.